The normalized spacial score (nSPS) is 11.5. The molecule has 1 aromatic carbocycles. The maximum absolute atomic E-state index is 11.9. The van der Waals surface area contributed by atoms with Gasteiger partial charge >= 0.3 is 0 Å². The number of carbonyl (C=O) groups excluding carboxylic acids is 1. The first kappa shape index (κ1) is 12.2. The van der Waals surface area contributed by atoms with Gasteiger partial charge in [0.2, 0.25) is 0 Å². The molecular weight excluding hydrogens is 200 g/mol. The lowest BCUT2D eigenvalue weighted by molar-refractivity contribution is 0.101. The minimum atomic E-state index is -1.27. The van der Waals surface area contributed by atoms with E-state index in [2.05, 4.69) is 38.7 Å². The van der Waals surface area contributed by atoms with E-state index in [0.29, 0.717) is 5.78 Å². The Morgan fingerprint density at radius 3 is 2.07 bits per heavy atom. The van der Waals surface area contributed by atoms with Crippen LogP contribution in [0.2, 0.25) is 25.7 Å². The van der Waals surface area contributed by atoms with Crippen LogP contribution in [0.1, 0.15) is 22.8 Å². The van der Waals surface area contributed by atoms with Crippen molar-refractivity contribution in [2.24, 2.45) is 0 Å². The number of carbonyl (C=O) groups is 1. The molecule has 2 heteroatoms. The molecule has 0 spiro atoms. The number of Topliss-reactive ketones (excluding diaryl/α,β-unsaturated/α-hetero) is 1. The van der Waals surface area contributed by atoms with E-state index in [4.69, 9.17) is 0 Å². The summed E-state index contributed by atoms with van der Waals surface area (Å²) in [4.78, 5) is 11.9. The van der Waals surface area contributed by atoms with Crippen LogP contribution in [-0.4, -0.2) is 13.9 Å². The number of hydrogen-bond acceptors (Lipinski definition) is 1. The molecule has 0 fully saturated rings. The van der Waals surface area contributed by atoms with Crippen molar-refractivity contribution in [3.63, 3.8) is 0 Å². The molecule has 15 heavy (non-hydrogen) atoms. The molecule has 0 saturated carbocycles. The summed E-state index contributed by atoms with van der Waals surface area (Å²) in [6, 6.07) is 8.77. The van der Waals surface area contributed by atoms with E-state index in [0.717, 1.165) is 18.0 Å². The van der Waals surface area contributed by atoms with Gasteiger partial charge in [0.1, 0.15) is 0 Å². The van der Waals surface area contributed by atoms with Crippen molar-refractivity contribution >= 4 is 13.9 Å². The maximum atomic E-state index is 11.9. The molecule has 0 aliphatic rings. The van der Waals surface area contributed by atoms with Crippen LogP contribution in [-0.2, 0) is 6.42 Å². The Morgan fingerprint density at radius 2 is 1.67 bits per heavy atom. The first-order chi connectivity index (χ1) is 6.92. The SMILES string of the molecule is CCc1ccc(C(=O)C[Si](C)(C)C)cc1. The third-order valence-electron chi connectivity index (χ3n) is 2.38. The first-order valence-electron chi connectivity index (χ1n) is 5.54. The van der Waals surface area contributed by atoms with Crippen LogP contribution in [0.3, 0.4) is 0 Å². The van der Waals surface area contributed by atoms with Crippen LogP contribution in [0.5, 0.6) is 0 Å². The molecule has 1 aromatic rings. The zero-order chi connectivity index (χ0) is 11.5. The molecule has 82 valence electrons. The number of aryl methyl sites for hydroxylation is 1. The van der Waals surface area contributed by atoms with E-state index in [-0.39, 0.29) is 0 Å². The summed E-state index contributed by atoms with van der Waals surface area (Å²) in [6.07, 6.45) is 1.03. The van der Waals surface area contributed by atoms with Crippen molar-refractivity contribution in [2.75, 3.05) is 0 Å². The van der Waals surface area contributed by atoms with Crippen molar-refractivity contribution in [3.8, 4) is 0 Å². The van der Waals surface area contributed by atoms with Crippen LogP contribution in [0, 0.1) is 0 Å². The number of ketones is 1. The van der Waals surface area contributed by atoms with Gasteiger partial charge < -0.3 is 0 Å². The van der Waals surface area contributed by atoms with Crippen molar-refractivity contribution in [1.29, 1.82) is 0 Å². The minimum absolute atomic E-state index is 0.303. The molecule has 1 nitrogen and oxygen atoms in total. The molecular formula is C13H20OSi. The van der Waals surface area contributed by atoms with Crippen molar-refractivity contribution in [1.82, 2.24) is 0 Å². The Hall–Kier alpha value is -0.893. The Labute approximate surface area is 93.5 Å². The predicted molar refractivity (Wildman–Crippen MR) is 68.3 cm³/mol. The second kappa shape index (κ2) is 4.75. The van der Waals surface area contributed by atoms with Crippen molar-refractivity contribution in [2.45, 2.75) is 39.0 Å². The quantitative estimate of drug-likeness (QED) is 0.557. The van der Waals surface area contributed by atoms with Gasteiger partial charge in [0.25, 0.3) is 0 Å². The third-order valence-corrected chi connectivity index (χ3v) is 3.76. The zero-order valence-corrected chi connectivity index (χ0v) is 11.1. The van der Waals surface area contributed by atoms with Gasteiger partial charge in [-0.1, -0.05) is 50.8 Å². The molecule has 0 aliphatic heterocycles. The van der Waals surface area contributed by atoms with Gasteiger partial charge in [-0.2, -0.15) is 0 Å². The smallest absolute Gasteiger partial charge is 0.160 e. The Bertz CT molecular complexity index is 333. The molecule has 0 bridgehead atoms. The van der Waals surface area contributed by atoms with Gasteiger partial charge in [0.15, 0.2) is 5.78 Å². The molecule has 0 amide bonds. The third kappa shape index (κ3) is 4.00. The Balaban J connectivity index is 2.75. The van der Waals surface area contributed by atoms with E-state index in [9.17, 15) is 4.79 Å². The van der Waals surface area contributed by atoms with Gasteiger partial charge in [0, 0.05) is 11.6 Å². The molecule has 0 radical (unpaired) electrons. The molecule has 0 atom stereocenters. The van der Waals surface area contributed by atoms with Gasteiger partial charge in [0.05, 0.1) is 8.07 Å². The highest BCUT2D eigenvalue weighted by atomic mass is 28.3. The fourth-order valence-corrected chi connectivity index (χ4v) is 2.68. The summed E-state index contributed by atoms with van der Waals surface area (Å²) >= 11 is 0. The molecule has 0 N–H and O–H groups in total. The van der Waals surface area contributed by atoms with E-state index in [1.54, 1.807) is 0 Å². The average Bonchev–Trinajstić information content (AvgIpc) is 2.15. The summed E-state index contributed by atoms with van der Waals surface area (Å²) < 4.78 is 0. The molecule has 0 unspecified atom stereocenters. The number of hydrogen-bond donors (Lipinski definition) is 0. The van der Waals surface area contributed by atoms with Crippen LogP contribution in [0.25, 0.3) is 0 Å². The molecule has 0 aromatic heterocycles. The van der Waals surface area contributed by atoms with Crippen LogP contribution >= 0.6 is 0 Å². The predicted octanol–water partition coefficient (Wildman–Crippen LogP) is 3.77. The fraction of sp³-hybridized carbons (Fsp3) is 0.462. The lowest BCUT2D eigenvalue weighted by Gasteiger charge is -2.14. The lowest BCUT2D eigenvalue weighted by atomic mass is 10.1. The van der Waals surface area contributed by atoms with Gasteiger partial charge in [-0.3, -0.25) is 4.79 Å². The van der Waals surface area contributed by atoms with E-state index >= 15 is 0 Å². The fourth-order valence-electron chi connectivity index (χ4n) is 1.51. The summed E-state index contributed by atoms with van der Waals surface area (Å²) in [7, 11) is -1.27. The standard InChI is InChI=1S/C13H20OSi/c1-5-11-6-8-12(9-7-11)13(14)10-15(2,3)4/h6-9H,5,10H2,1-4H3. The molecule has 0 saturated heterocycles. The maximum Gasteiger partial charge on any atom is 0.160 e. The topological polar surface area (TPSA) is 17.1 Å². The highest BCUT2D eigenvalue weighted by Crippen LogP contribution is 2.14. The van der Waals surface area contributed by atoms with Crippen molar-refractivity contribution < 1.29 is 4.79 Å². The summed E-state index contributed by atoms with van der Waals surface area (Å²) in [5, 5.41) is 0. The van der Waals surface area contributed by atoms with Gasteiger partial charge in [-0.05, 0) is 12.0 Å². The molecule has 0 aliphatic carbocycles. The van der Waals surface area contributed by atoms with E-state index in [1.807, 2.05) is 12.1 Å². The van der Waals surface area contributed by atoms with Gasteiger partial charge in [-0.25, -0.2) is 0 Å². The lowest BCUT2D eigenvalue weighted by Crippen LogP contribution is -2.23. The monoisotopic (exact) mass is 220 g/mol. The number of rotatable bonds is 4. The van der Waals surface area contributed by atoms with Gasteiger partial charge in [-0.15, -0.1) is 0 Å². The van der Waals surface area contributed by atoms with Crippen LogP contribution in [0.4, 0.5) is 0 Å². The van der Waals surface area contributed by atoms with Crippen molar-refractivity contribution in [3.05, 3.63) is 35.4 Å². The Morgan fingerprint density at radius 1 is 1.13 bits per heavy atom. The van der Waals surface area contributed by atoms with E-state index < -0.39 is 8.07 Å². The van der Waals surface area contributed by atoms with Crippen LogP contribution < -0.4 is 0 Å². The van der Waals surface area contributed by atoms with E-state index in [1.165, 1.54) is 5.56 Å². The highest BCUT2D eigenvalue weighted by molar-refractivity contribution is 6.79. The summed E-state index contributed by atoms with van der Waals surface area (Å²) in [6.45, 7) is 8.81. The second-order valence-corrected chi connectivity index (χ2v) is 10.7. The zero-order valence-electron chi connectivity index (χ0n) is 10.1. The summed E-state index contributed by atoms with van der Waals surface area (Å²) in [5.74, 6) is 0.303. The molecule has 0 heterocycles. The Kier molecular flexibility index (Phi) is 3.86. The minimum Gasteiger partial charge on any atom is -0.295 e. The van der Waals surface area contributed by atoms with Crippen LogP contribution in [0.15, 0.2) is 24.3 Å². The average molecular weight is 220 g/mol. The molecule has 1 rings (SSSR count). The first-order valence-corrected chi connectivity index (χ1v) is 9.25. The summed E-state index contributed by atoms with van der Waals surface area (Å²) in [5.41, 5.74) is 2.16. The second-order valence-electron chi connectivity index (χ2n) is 5.21. The number of benzene rings is 1. The highest BCUT2D eigenvalue weighted by Gasteiger charge is 2.18. The largest absolute Gasteiger partial charge is 0.295 e.